The topological polar surface area (TPSA) is 104 Å². The Balaban J connectivity index is 2.11. The number of carbonyl (C=O) groups is 2. The number of aromatic hydroxyl groups is 1. The maximum Gasteiger partial charge on any atom is 0.341 e. The van der Waals surface area contributed by atoms with Crippen molar-refractivity contribution in [1.82, 2.24) is 0 Å². The standard InChI is InChI=1S/C20H24O6/c1-19(2)5-4-6-20(3)11(19)7-10(22)13-15(20)14-12(9(8-21)16(13)23)17(24)26-18(14)25/h11,18,21,23,25H,4-8H2,1-3H3/t11?,18-,20-/m0/s1. The molecule has 1 fully saturated rings. The summed E-state index contributed by atoms with van der Waals surface area (Å²) in [5, 5.41) is 30.9. The number of hydrogen-bond acceptors (Lipinski definition) is 6. The molecule has 6 heteroatoms. The Labute approximate surface area is 151 Å². The van der Waals surface area contributed by atoms with Gasteiger partial charge in [-0.1, -0.05) is 27.2 Å². The van der Waals surface area contributed by atoms with Crippen molar-refractivity contribution in [3.63, 3.8) is 0 Å². The highest BCUT2D eigenvalue weighted by Crippen LogP contribution is 2.60. The maximum absolute atomic E-state index is 13.0. The molecule has 0 amide bonds. The first-order valence-corrected chi connectivity index (χ1v) is 9.08. The minimum atomic E-state index is -1.48. The first kappa shape index (κ1) is 17.5. The van der Waals surface area contributed by atoms with E-state index in [0.717, 1.165) is 19.3 Å². The zero-order chi connectivity index (χ0) is 19.0. The molecule has 0 radical (unpaired) electrons. The van der Waals surface area contributed by atoms with Gasteiger partial charge in [0.1, 0.15) is 5.75 Å². The molecule has 3 atom stereocenters. The van der Waals surface area contributed by atoms with E-state index in [1.165, 1.54) is 0 Å². The summed E-state index contributed by atoms with van der Waals surface area (Å²) in [5.74, 6) is -1.29. The number of Topliss-reactive ketones (excluding diaryl/α,β-unsaturated/α-hetero) is 1. The van der Waals surface area contributed by atoms with Crippen molar-refractivity contribution in [2.45, 2.75) is 64.8 Å². The largest absolute Gasteiger partial charge is 0.507 e. The number of rotatable bonds is 1. The number of cyclic esters (lactones) is 1. The number of hydrogen-bond donors (Lipinski definition) is 3. The predicted octanol–water partition coefficient (Wildman–Crippen LogP) is 2.72. The van der Waals surface area contributed by atoms with Crippen LogP contribution in [0.5, 0.6) is 5.75 Å². The molecule has 140 valence electrons. The van der Waals surface area contributed by atoms with Gasteiger partial charge in [-0.2, -0.15) is 0 Å². The van der Waals surface area contributed by atoms with Crippen molar-refractivity contribution < 1.29 is 29.6 Å². The van der Waals surface area contributed by atoms with Crippen LogP contribution in [0.1, 0.15) is 90.2 Å². The Morgan fingerprint density at radius 1 is 1.15 bits per heavy atom. The lowest BCUT2D eigenvalue weighted by molar-refractivity contribution is -0.0567. The van der Waals surface area contributed by atoms with Crippen molar-refractivity contribution in [2.75, 3.05) is 0 Å². The maximum atomic E-state index is 13.0. The van der Waals surface area contributed by atoms with Gasteiger partial charge in [-0.15, -0.1) is 0 Å². The highest BCUT2D eigenvalue weighted by molar-refractivity contribution is 6.06. The van der Waals surface area contributed by atoms with Gasteiger partial charge in [0, 0.05) is 17.5 Å². The van der Waals surface area contributed by atoms with Gasteiger partial charge in [0.05, 0.1) is 17.7 Å². The van der Waals surface area contributed by atoms with Gasteiger partial charge < -0.3 is 20.1 Å². The highest BCUT2D eigenvalue weighted by Gasteiger charge is 2.56. The fourth-order valence-electron chi connectivity index (χ4n) is 5.74. The molecular weight excluding hydrogens is 336 g/mol. The number of carbonyl (C=O) groups excluding carboxylic acids is 2. The number of ketones is 1. The van der Waals surface area contributed by atoms with Crippen LogP contribution in [0, 0.1) is 11.3 Å². The van der Waals surface area contributed by atoms with Crippen LogP contribution < -0.4 is 0 Å². The number of aliphatic hydroxyl groups is 2. The van der Waals surface area contributed by atoms with Crippen LogP contribution in [0.3, 0.4) is 0 Å². The molecule has 1 heterocycles. The second-order valence-electron chi connectivity index (χ2n) is 8.72. The molecule has 0 spiro atoms. The molecule has 0 bridgehead atoms. The molecule has 3 aliphatic rings. The van der Waals surface area contributed by atoms with Crippen LogP contribution in [0.25, 0.3) is 0 Å². The zero-order valence-electron chi connectivity index (χ0n) is 15.3. The third-order valence-corrected chi connectivity index (χ3v) is 6.91. The van der Waals surface area contributed by atoms with Crippen molar-refractivity contribution in [3.05, 3.63) is 27.8 Å². The number of esters is 1. The molecule has 2 aliphatic carbocycles. The van der Waals surface area contributed by atoms with Gasteiger partial charge in [-0.25, -0.2) is 4.79 Å². The van der Waals surface area contributed by atoms with E-state index < -0.39 is 24.3 Å². The third kappa shape index (κ3) is 2.00. The number of fused-ring (bicyclic) bond motifs is 5. The lowest BCUT2D eigenvalue weighted by Gasteiger charge is -2.54. The summed E-state index contributed by atoms with van der Waals surface area (Å²) in [6.07, 6.45) is 1.57. The van der Waals surface area contributed by atoms with Crippen LogP contribution in [-0.2, 0) is 16.8 Å². The van der Waals surface area contributed by atoms with Crippen molar-refractivity contribution in [2.24, 2.45) is 11.3 Å². The Bertz CT molecular complexity index is 839. The van der Waals surface area contributed by atoms with Gasteiger partial charge >= 0.3 is 5.97 Å². The molecule has 26 heavy (non-hydrogen) atoms. The van der Waals surface area contributed by atoms with Crippen molar-refractivity contribution in [1.29, 1.82) is 0 Å². The monoisotopic (exact) mass is 360 g/mol. The fourth-order valence-corrected chi connectivity index (χ4v) is 5.74. The van der Waals surface area contributed by atoms with Crippen LogP contribution in [0.15, 0.2) is 0 Å². The van der Waals surface area contributed by atoms with E-state index in [0.29, 0.717) is 12.0 Å². The van der Waals surface area contributed by atoms with Crippen molar-refractivity contribution >= 4 is 11.8 Å². The van der Waals surface area contributed by atoms with Crippen molar-refractivity contribution in [3.8, 4) is 5.75 Å². The summed E-state index contributed by atoms with van der Waals surface area (Å²) in [6.45, 7) is 5.74. The fraction of sp³-hybridized carbons (Fsp3) is 0.600. The van der Waals surface area contributed by atoms with E-state index in [1.54, 1.807) is 0 Å². The number of aliphatic hydroxyl groups excluding tert-OH is 2. The smallest absolute Gasteiger partial charge is 0.341 e. The normalized spacial score (nSPS) is 31.9. The molecule has 1 aliphatic heterocycles. The molecule has 6 nitrogen and oxygen atoms in total. The zero-order valence-corrected chi connectivity index (χ0v) is 15.3. The molecule has 1 aromatic rings. The summed E-state index contributed by atoms with van der Waals surface area (Å²) in [4.78, 5) is 25.3. The molecule has 1 unspecified atom stereocenters. The number of ether oxygens (including phenoxy) is 1. The van der Waals surface area contributed by atoms with Crippen LogP contribution in [-0.4, -0.2) is 27.1 Å². The number of phenols is 1. The quantitative estimate of drug-likeness (QED) is 0.665. The molecule has 0 aromatic heterocycles. The summed E-state index contributed by atoms with van der Waals surface area (Å²) in [5.41, 5.74) is 0.365. The van der Waals surface area contributed by atoms with Crippen LogP contribution >= 0.6 is 0 Å². The molecular formula is C20H24O6. The Hall–Kier alpha value is -1.92. The van der Waals surface area contributed by atoms with Gasteiger partial charge in [-0.3, -0.25) is 4.79 Å². The second-order valence-corrected chi connectivity index (χ2v) is 8.72. The minimum absolute atomic E-state index is 0.00862. The van der Waals surface area contributed by atoms with Crippen LogP contribution in [0.4, 0.5) is 0 Å². The number of benzene rings is 1. The minimum Gasteiger partial charge on any atom is -0.507 e. The first-order chi connectivity index (χ1) is 12.1. The lowest BCUT2D eigenvalue weighted by Crippen LogP contribution is -2.50. The summed E-state index contributed by atoms with van der Waals surface area (Å²) < 4.78 is 4.99. The molecule has 0 saturated heterocycles. The van der Waals surface area contributed by atoms with E-state index >= 15 is 0 Å². The Kier molecular flexibility index (Phi) is 3.57. The van der Waals surface area contributed by atoms with E-state index in [9.17, 15) is 24.9 Å². The average Bonchev–Trinajstić information content (AvgIpc) is 2.84. The average molecular weight is 360 g/mol. The SMILES string of the molecule is CC1(C)CCC[C@]2(C)c3c(c(O)c(CO)c4c3[C@@H](O)OC4=O)C(=O)CC12. The molecule has 1 aromatic carbocycles. The second kappa shape index (κ2) is 5.30. The summed E-state index contributed by atoms with van der Waals surface area (Å²) in [6, 6.07) is 0. The molecule has 4 rings (SSSR count). The van der Waals surface area contributed by atoms with Gasteiger partial charge in [0.25, 0.3) is 0 Å². The third-order valence-electron chi connectivity index (χ3n) is 6.91. The lowest BCUT2D eigenvalue weighted by atomic mass is 9.49. The Morgan fingerprint density at radius 3 is 2.50 bits per heavy atom. The van der Waals surface area contributed by atoms with Gasteiger partial charge in [-0.05, 0) is 35.2 Å². The molecule has 1 saturated carbocycles. The first-order valence-electron chi connectivity index (χ1n) is 9.08. The summed E-state index contributed by atoms with van der Waals surface area (Å²) >= 11 is 0. The Morgan fingerprint density at radius 2 is 1.85 bits per heavy atom. The van der Waals surface area contributed by atoms with E-state index in [1.807, 2.05) is 0 Å². The highest BCUT2D eigenvalue weighted by atomic mass is 16.6. The van der Waals surface area contributed by atoms with E-state index in [2.05, 4.69) is 20.8 Å². The van der Waals surface area contributed by atoms with E-state index in [4.69, 9.17) is 4.74 Å². The summed E-state index contributed by atoms with van der Waals surface area (Å²) in [7, 11) is 0. The predicted molar refractivity (Wildman–Crippen MR) is 91.8 cm³/mol. The van der Waals surface area contributed by atoms with Crippen LogP contribution in [0.2, 0.25) is 0 Å². The van der Waals surface area contributed by atoms with E-state index in [-0.39, 0.29) is 45.1 Å². The van der Waals surface area contributed by atoms with Gasteiger partial charge in [0.2, 0.25) is 6.29 Å². The molecule has 3 N–H and O–H groups in total. The van der Waals surface area contributed by atoms with Gasteiger partial charge in [0.15, 0.2) is 5.78 Å².